The molecule has 0 N–H and O–H groups in total. The van der Waals surface area contributed by atoms with Gasteiger partial charge in [0.15, 0.2) is 0 Å². The van der Waals surface area contributed by atoms with Gasteiger partial charge in [-0.3, -0.25) is 14.6 Å². The van der Waals surface area contributed by atoms with Gasteiger partial charge in [-0.2, -0.15) is 5.10 Å². The number of pyridine rings is 1. The van der Waals surface area contributed by atoms with Gasteiger partial charge < -0.3 is 9.30 Å². The molecule has 1 aliphatic rings. The molecule has 1 atom stereocenters. The summed E-state index contributed by atoms with van der Waals surface area (Å²) in [5.74, 6) is 0. The Kier molecular flexibility index (Phi) is 5.31. The maximum absolute atomic E-state index is 6.01. The van der Waals surface area contributed by atoms with E-state index in [1.165, 1.54) is 11.3 Å². The highest BCUT2D eigenvalue weighted by Crippen LogP contribution is 2.23. The van der Waals surface area contributed by atoms with Crippen molar-refractivity contribution in [3.8, 4) is 0 Å². The summed E-state index contributed by atoms with van der Waals surface area (Å²) in [6.45, 7) is 8.90. The molecule has 0 fully saturated rings. The van der Waals surface area contributed by atoms with Crippen molar-refractivity contribution in [1.82, 2.24) is 29.2 Å². The van der Waals surface area contributed by atoms with E-state index in [-0.39, 0.29) is 6.04 Å². The van der Waals surface area contributed by atoms with E-state index in [4.69, 9.17) is 4.74 Å². The molecule has 3 aromatic heterocycles. The van der Waals surface area contributed by atoms with Crippen LogP contribution < -0.4 is 0 Å². The molecule has 142 valence electrons. The van der Waals surface area contributed by atoms with Gasteiger partial charge in [-0.25, -0.2) is 4.98 Å². The summed E-state index contributed by atoms with van der Waals surface area (Å²) in [5, 5.41) is 4.38. The predicted molar refractivity (Wildman–Crippen MR) is 102 cm³/mol. The zero-order chi connectivity index (χ0) is 18.6. The van der Waals surface area contributed by atoms with Gasteiger partial charge >= 0.3 is 0 Å². The molecule has 0 aromatic carbocycles. The molecular weight excluding hydrogens is 340 g/mol. The van der Waals surface area contributed by atoms with Crippen LogP contribution in [0.15, 0.2) is 43.1 Å². The normalized spacial score (nSPS) is 17.2. The molecule has 4 rings (SSSR count). The number of hydrogen-bond acceptors (Lipinski definition) is 5. The van der Waals surface area contributed by atoms with E-state index in [2.05, 4.69) is 37.7 Å². The van der Waals surface area contributed by atoms with Crippen molar-refractivity contribution >= 4 is 0 Å². The molecule has 7 nitrogen and oxygen atoms in total. The Bertz CT molecular complexity index is 886. The molecule has 0 amide bonds. The molecule has 4 heterocycles. The van der Waals surface area contributed by atoms with Crippen LogP contribution in [-0.2, 0) is 31.0 Å². The predicted octanol–water partition coefficient (Wildman–Crippen LogP) is 2.58. The lowest BCUT2D eigenvalue weighted by Crippen LogP contribution is -2.38. The second-order valence-corrected chi connectivity index (χ2v) is 7.11. The Morgan fingerprint density at radius 1 is 1.26 bits per heavy atom. The van der Waals surface area contributed by atoms with Crippen LogP contribution in [0, 0.1) is 6.92 Å². The second-order valence-electron chi connectivity index (χ2n) is 7.11. The quantitative estimate of drug-likeness (QED) is 0.643. The van der Waals surface area contributed by atoms with Crippen LogP contribution >= 0.6 is 0 Å². The molecule has 0 aliphatic carbocycles. The molecule has 0 saturated heterocycles. The van der Waals surface area contributed by atoms with Crippen LogP contribution in [0.3, 0.4) is 0 Å². The van der Waals surface area contributed by atoms with Crippen molar-refractivity contribution in [2.45, 2.75) is 46.1 Å². The first-order valence-corrected chi connectivity index (χ1v) is 9.46. The van der Waals surface area contributed by atoms with Crippen LogP contribution in [-0.4, -0.2) is 42.4 Å². The average Bonchev–Trinajstić information content (AvgIpc) is 3.31. The molecule has 27 heavy (non-hydrogen) atoms. The summed E-state index contributed by atoms with van der Waals surface area (Å²) in [5.41, 5.74) is 4.46. The number of rotatable bonds is 7. The van der Waals surface area contributed by atoms with Crippen molar-refractivity contribution in [2.75, 3.05) is 13.2 Å². The Morgan fingerprint density at radius 2 is 2.19 bits per heavy atom. The molecule has 0 saturated carbocycles. The van der Waals surface area contributed by atoms with E-state index in [0.29, 0.717) is 13.2 Å². The zero-order valence-corrected chi connectivity index (χ0v) is 16.0. The van der Waals surface area contributed by atoms with Gasteiger partial charge in [-0.1, -0.05) is 6.07 Å². The maximum atomic E-state index is 6.01. The zero-order valence-electron chi connectivity index (χ0n) is 16.0. The van der Waals surface area contributed by atoms with Gasteiger partial charge in [0.1, 0.15) is 0 Å². The summed E-state index contributed by atoms with van der Waals surface area (Å²) in [6, 6.07) is 6.28. The number of hydrogen-bond donors (Lipinski definition) is 0. The van der Waals surface area contributed by atoms with E-state index in [1.54, 1.807) is 0 Å². The highest BCUT2D eigenvalue weighted by Gasteiger charge is 2.25. The smallest absolute Gasteiger partial charge is 0.0952 e. The van der Waals surface area contributed by atoms with Crippen LogP contribution in [0.1, 0.15) is 35.6 Å². The van der Waals surface area contributed by atoms with E-state index >= 15 is 0 Å². The minimum absolute atomic E-state index is 0.252. The lowest BCUT2D eigenvalue weighted by atomic mass is 10.2. The highest BCUT2D eigenvalue weighted by molar-refractivity contribution is 5.10. The summed E-state index contributed by atoms with van der Waals surface area (Å²) in [6.07, 6.45) is 7.96. The largest absolute Gasteiger partial charge is 0.373 e. The maximum Gasteiger partial charge on any atom is 0.0952 e. The van der Waals surface area contributed by atoms with Gasteiger partial charge in [-0.15, -0.1) is 0 Å². The molecule has 3 aromatic rings. The number of nitrogens with zero attached hydrogens (tertiary/aromatic N) is 6. The average molecular weight is 366 g/mol. The van der Waals surface area contributed by atoms with Crippen LogP contribution in [0.2, 0.25) is 0 Å². The van der Waals surface area contributed by atoms with Crippen LogP contribution in [0.5, 0.6) is 0 Å². The van der Waals surface area contributed by atoms with E-state index in [9.17, 15) is 0 Å². The fourth-order valence-corrected chi connectivity index (χ4v) is 3.61. The Hall–Kier alpha value is -2.51. The lowest BCUT2D eigenvalue weighted by Gasteiger charge is -2.34. The van der Waals surface area contributed by atoms with Crippen molar-refractivity contribution in [2.24, 2.45) is 0 Å². The first-order chi connectivity index (χ1) is 13.2. The third-order valence-electron chi connectivity index (χ3n) is 4.92. The van der Waals surface area contributed by atoms with E-state index in [0.717, 1.165) is 37.6 Å². The van der Waals surface area contributed by atoms with E-state index in [1.807, 2.05) is 48.5 Å². The third kappa shape index (κ3) is 4.26. The third-order valence-corrected chi connectivity index (χ3v) is 4.92. The monoisotopic (exact) mass is 366 g/mol. The first-order valence-electron chi connectivity index (χ1n) is 9.46. The summed E-state index contributed by atoms with van der Waals surface area (Å²) >= 11 is 0. The van der Waals surface area contributed by atoms with Gasteiger partial charge in [-0.05, 0) is 26.0 Å². The highest BCUT2D eigenvalue weighted by atomic mass is 16.5. The van der Waals surface area contributed by atoms with E-state index < -0.39 is 0 Å². The number of ether oxygens (including phenoxy) is 1. The second kappa shape index (κ2) is 8.02. The Balaban J connectivity index is 1.39. The fraction of sp³-hybridized carbons (Fsp3) is 0.450. The van der Waals surface area contributed by atoms with Crippen molar-refractivity contribution in [3.63, 3.8) is 0 Å². The number of fused-ring (bicyclic) bond motifs is 1. The Labute approximate surface area is 159 Å². The van der Waals surface area contributed by atoms with Gasteiger partial charge in [0.25, 0.3) is 0 Å². The standard InChI is InChI=1S/C20H26N6O/c1-3-25-10-17(7-22-25)9-24-11-19-8-21-15-26(19)20(12-24)14-27-13-18-6-4-5-16(2)23-18/h4-8,10,15,20H,3,9,11-14H2,1-2H3. The lowest BCUT2D eigenvalue weighted by molar-refractivity contribution is 0.0572. The minimum atomic E-state index is 0.252. The van der Waals surface area contributed by atoms with Crippen molar-refractivity contribution in [1.29, 1.82) is 0 Å². The number of aryl methyl sites for hydroxylation is 2. The molecular formula is C20H26N6O. The molecule has 7 heteroatoms. The molecule has 1 unspecified atom stereocenters. The van der Waals surface area contributed by atoms with Crippen molar-refractivity contribution in [3.05, 3.63) is 65.8 Å². The topological polar surface area (TPSA) is 61.0 Å². The molecule has 0 spiro atoms. The van der Waals surface area contributed by atoms with Crippen molar-refractivity contribution < 1.29 is 4.74 Å². The number of aromatic nitrogens is 5. The van der Waals surface area contributed by atoms with Crippen LogP contribution in [0.4, 0.5) is 0 Å². The first kappa shape index (κ1) is 17.9. The SMILES string of the molecule is CCn1cc(CN2Cc3cncn3C(COCc3cccc(C)n3)C2)cn1. The van der Waals surface area contributed by atoms with Gasteiger partial charge in [0.2, 0.25) is 0 Å². The molecule has 0 radical (unpaired) electrons. The summed E-state index contributed by atoms with van der Waals surface area (Å²) in [7, 11) is 0. The molecule has 1 aliphatic heterocycles. The van der Waals surface area contributed by atoms with Crippen LogP contribution in [0.25, 0.3) is 0 Å². The molecule has 0 bridgehead atoms. The van der Waals surface area contributed by atoms with Gasteiger partial charge in [0.05, 0.1) is 43.2 Å². The summed E-state index contributed by atoms with van der Waals surface area (Å²) in [4.78, 5) is 11.3. The number of imidazole rings is 1. The van der Waals surface area contributed by atoms with Gasteiger partial charge in [0, 0.05) is 49.8 Å². The summed E-state index contributed by atoms with van der Waals surface area (Å²) < 4.78 is 10.2. The fourth-order valence-electron chi connectivity index (χ4n) is 3.61. The Morgan fingerprint density at radius 3 is 3.00 bits per heavy atom. The minimum Gasteiger partial charge on any atom is -0.373 e.